The van der Waals surface area contributed by atoms with Crippen molar-refractivity contribution in [3.05, 3.63) is 40.2 Å². The highest BCUT2D eigenvalue weighted by Crippen LogP contribution is 2.36. The van der Waals surface area contributed by atoms with Crippen molar-refractivity contribution in [3.8, 4) is 5.75 Å². The quantitative estimate of drug-likeness (QED) is 0.275. The van der Waals surface area contributed by atoms with Crippen LogP contribution in [0.4, 0.5) is 0 Å². The molecular formula is C21H28O11. The van der Waals surface area contributed by atoms with Crippen molar-refractivity contribution < 1.29 is 49.3 Å². The number of benzene rings is 1. The van der Waals surface area contributed by atoms with Crippen LogP contribution in [0.2, 0.25) is 0 Å². The van der Waals surface area contributed by atoms with Crippen LogP contribution in [0, 0.1) is 0 Å². The lowest BCUT2D eigenvalue weighted by Gasteiger charge is -2.44. The molecule has 0 unspecified atom stereocenters. The Hall–Kier alpha value is -2.09. The molecule has 178 valence electrons. The highest BCUT2D eigenvalue weighted by molar-refractivity contribution is 5.79. The van der Waals surface area contributed by atoms with Gasteiger partial charge in [0.15, 0.2) is 6.29 Å². The second-order valence-corrected chi connectivity index (χ2v) is 8.19. The van der Waals surface area contributed by atoms with E-state index in [1.165, 1.54) is 45.2 Å². The van der Waals surface area contributed by atoms with Gasteiger partial charge in [-0.05, 0) is 26.0 Å². The van der Waals surface area contributed by atoms with E-state index in [1.54, 1.807) is 0 Å². The van der Waals surface area contributed by atoms with Crippen LogP contribution in [0.15, 0.2) is 33.5 Å². The summed E-state index contributed by atoms with van der Waals surface area (Å²) in [5.74, 6) is 0.155. The van der Waals surface area contributed by atoms with Crippen molar-refractivity contribution >= 4 is 11.0 Å². The van der Waals surface area contributed by atoms with Gasteiger partial charge in [-0.25, -0.2) is 4.79 Å². The number of rotatable bonds is 7. The summed E-state index contributed by atoms with van der Waals surface area (Å²) in [6, 6.07) is 5.62. The normalized spacial score (nSPS) is 28.5. The Balaban J connectivity index is 1.86. The number of aliphatic hydroxyl groups excluding tert-OH is 6. The maximum Gasteiger partial charge on any atom is 0.336 e. The zero-order valence-electron chi connectivity index (χ0n) is 17.8. The van der Waals surface area contributed by atoms with Gasteiger partial charge in [0.25, 0.3) is 0 Å². The molecule has 1 aliphatic rings. The van der Waals surface area contributed by atoms with Gasteiger partial charge in [0.05, 0.1) is 19.3 Å². The van der Waals surface area contributed by atoms with Gasteiger partial charge in [0.2, 0.25) is 0 Å². The molecule has 1 aliphatic heterocycles. The Labute approximate surface area is 183 Å². The number of methoxy groups -OCH3 is 1. The highest BCUT2D eigenvalue weighted by Gasteiger charge is 2.48. The molecule has 0 aliphatic carbocycles. The van der Waals surface area contributed by atoms with E-state index in [4.69, 9.17) is 18.6 Å². The standard InChI is InChI=1S/C21H28O11/c1-21(2,32-20-18(27)17(26)16(25)13(8-22)31-20)19(28)15(24)10-6-9-4-5-14(23)30-11(9)7-12(10)29-3/h4-7,13,15-20,22,24-28H,8H2,1-3H3/t13-,15-,16-,17+,18-,19-,20-/m1/s1. The molecule has 0 bridgehead atoms. The van der Waals surface area contributed by atoms with E-state index < -0.39 is 60.7 Å². The first-order valence-corrected chi connectivity index (χ1v) is 9.96. The molecule has 1 saturated heterocycles. The lowest BCUT2D eigenvalue weighted by molar-refractivity contribution is -0.334. The molecule has 0 amide bonds. The van der Waals surface area contributed by atoms with Gasteiger partial charge in [-0.15, -0.1) is 0 Å². The Morgan fingerprint density at radius 3 is 2.41 bits per heavy atom. The molecule has 2 aromatic rings. The Bertz CT molecular complexity index is 985. The van der Waals surface area contributed by atoms with Crippen molar-refractivity contribution in [2.45, 2.75) is 62.4 Å². The number of hydrogen-bond acceptors (Lipinski definition) is 11. The Morgan fingerprint density at radius 1 is 1.09 bits per heavy atom. The largest absolute Gasteiger partial charge is 0.496 e. The van der Waals surface area contributed by atoms with E-state index in [2.05, 4.69) is 0 Å². The third-order valence-electron chi connectivity index (χ3n) is 5.57. The fraction of sp³-hybridized carbons (Fsp3) is 0.571. The number of fused-ring (bicyclic) bond motifs is 1. The molecule has 2 heterocycles. The molecule has 1 fully saturated rings. The fourth-order valence-electron chi connectivity index (χ4n) is 3.61. The van der Waals surface area contributed by atoms with E-state index in [1.807, 2.05) is 0 Å². The second-order valence-electron chi connectivity index (χ2n) is 8.19. The average Bonchev–Trinajstić information content (AvgIpc) is 2.77. The van der Waals surface area contributed by atoms with Crippen molar-refractivity contribution in [1.82, 2.24) is 0 Å². The van der Waals surface area contributed by atoms with Crippen molar-refractivity contribution in [2.75, 3.05) is 13.7 Å². The maximum absolute atomic E-state index is 11.5. The molecule has 32 heavy (non-hydrogen) atoms. The summed E-state index contributed by atoms with van der Waals surface area (Å²) in [7, 11) is 1.35. The Kier molecular flexibility index (Phi) is 7.22. The molecule has 0 spiro atoms. The zero-order chi connectivity index (χ0) is 23.8. The van der Waals surface area contributed by atoms with Gasteiger partial charge in [-0.2, -0.15) is 0 Å². The van der Waals surface area contributed by atoms with Gasteiger partial charge < -0.3 is 49.3 Å². The first-order chi connectivity index (χ1) is 15.0. The van der Waals surface area contributed by atoms with Crippen LogP contribution in [0.5, 0.6) is 5.75 Å². The summed E-state index contributed by atoms with van der Waals surface area (Å²) in [6.45, 7) is 2.21. The van der Waals surface area contributed by atoms with Crippen molar-refractivity contribution in [1.29, 1.82) is 0 Å². The molecule has 0 radical (unpaired) electrons. The lowest BCUT2D eigenvalue weighted by atomic mass is 9.90. The minimum absolute atomic E-state index is 0.155. The zero-order valence-corrected chi connectivity index (χ0v) is 17.8. The van der Waals surface area contributed by atoms with Crippen LogP contribution in [0.1, 0.15) is 25.5 Å². The van der Waals surface area contributed by atoms with E-state index in [9.17, 15) is 35.4 Å². The summed E-state index contributed by atoms with van der Waals surface area (Å²) < 4.78 is 21.4. The summed E-state index contributed by atoms with van der Waals surface area (Å²) in [4.78, 5) is 11.5. The SMILES string of the molecule is COc1cc2oc(=O)ccc2cc1[C@@H](O)[C@@H](O)C(C)(C)O[C@H]1O[C@H](CO)[C@@H](O)[C@H](O)[C@H]1O. The molecule has 11 nitrogen and oxygen atoms in total. The van der Waals surface area contributed by atoms with E-state index in [0.29, 0.717) is 5.39 Å². The Morgan fingerprint density at radius 2 is 1.78 bits per heavy atom. The van der Waals surface area contributed by atoms with Gasteiger partial charge in [0.1, 0.15) is 48.0 Å². The second kappa shape index (κ2) is 9.41. The maximum atomic E-state index is 11.5. The molecule has 11 heteroatoms. The van der Waals surface area contributed by atoms with Crippen LogP contribution >= 0.6 is 0 Å². The number of aliphatic hydroxyl groups is 6. The van der Waals surface area contributed by atoms with Gasteiger partial charge >= 0.3 is 5.63 Å². The van der Waals surface area contributed by atoms with E-state index in [0.717, 1.165) is 0 Å². The lowest BCUT2D eigenvalue weighted by Crippen LogP contribution is -2.61. The molecule has 7 atom stereocenters. The summed E-state index contributed by atoms with van der Waals surface area (Å²) >= 11 is 0. The third kappa shape index (κ3) is 4.65. The molecular weight excluding hydrogens is 428 g/mol. The minimum atomic E-state index is -1.67. The molecule has 3 rings (SSSR count). The first kappa shape index (κ1) is 24.6. The first-order valence-electron chi connectivity index (χ1n) is 9.96. The summed E-state index contributed by atoms with van der Waals surface area (Å²) in [6.07, 6.45) is -10.7. The fourth-order valence-corrected chi connectivity index (χ4v) is 3.61. The minimum Gasteiger partial charge on any atom is -0.496 e. The summed E-state index contributed by atoms with van der Waals surface area (Å²) in [5.41, 5.74) is -1.68. The topological polar surface area (TPSA) is 179 Å². The predicted molar refractivity (Wildman–Crippen MR) is 109 cm³/mol. The van der Waals surface area contributed by atoms with E-state index in [-0.39, 0.29) is 16.9 Å². The van der Waals surface area contributed by atoms with Crippen LogP contribution in [0.3, 0.4) is 0 Å². The predicted octanol–water partition coefficient (Wildman–Crippen LogP) is -1.21. The molecule has 1 aromatic carbocycles. The van der Waals surface area contributed by atoms with Crippen LogP contribution in [-0.4, -0.2) is 86.8 Å². The van der Waals surface area contributed by atoms with Crippen LogP contribution in [0.25, 0.3) is 11.0 Å². The van der Waals surface area contributed by atoms with Crippen molar-refractivity contribution in [3.63, 3.8) is 0 Å². The molecule has 6 N–H and O–H groups in total. The number of ether oxygens (including phenoxy) is 3. The van der Waals surface area contributed by atoms with Crippen LogP contribution < -0.4 is 10.4 Å². The van der Waals surface area contributed by atoms with Gasteiger partial charge in [-0.3, -0.25) is 0 Å². The monoisotopic (exact) mass is 456 g/mol. The molecule has 0 saturated carbocycles. The summed E-state index contributed by atoms with van der Waals surface area (Å²) in [5, 5.41) is 61.7. The van der Waals surface area contributed by atoms with Gasteiger partial charge in [0, 0.05) is 23.1 Å². The van der Waals surface area contributed by atoms with Crippen LogP contribution in [-0.2, 0) is 9.47 Å². The highest BCUT2D eigenvalue weighted by atomic mass is 16.7. The smallest absolute Gasteiger partial charge is 0.336 e. The average molecular weight is 456 g/mol. The van der Waals surface area contributed by atoms with Gasteiger partial charge in [-0.1, -0.05) is 0 Å². The van der Waals surface area contributed by atoms with E-state index >= 15 is 0 Å². The molecule has 1 aromatic heterocycles. The third-order valence-corrected chi connectivity index (χ3v) is 5.57. The number of hydrogen-bond donors (Lipinski definition) is 6. The van der Waals surface area contributed by atoms with Crippen molar-refractivity contribution in [2.24, 2.45) is 0 Å².